The predicted molar refractivity (Wildman–Crippen MR) is 72.6 cm³/mol. The quantitative estimate of drug-likeness (QED) is 0.242. The van der Waals surface area contributed by atoms with Crippen molar-refractivity contribution in [3.63, 3.8) is 0 Å². The summed E-state index contributed by atoms with van der Waals surface area (Å²) in [5, 5.41) is 58.8. The summed E-state index contributed by atoms with van der Waals surface area (Å²) in [5.74, 6) is 0. The lowest BCUT2D eigenvalue weighted by molar-refractivity contribution is -0.371. The molecule has 2 fully saturated rings. The highest BCUT2D eigenvalue weighted by Crippen LogP contribution is 2.27. The van der Waals surface area contributed by atoms with Crippen molar-refractivity contribution in [3.05, 3.63) is 0 Å². The van der Waals surface area contributed by atoms with Gasteiger partial charge in [-0.2, -0.15) is 0 Å². The lowest BCUT2D eigenvalue weighted by Gasteiger charge is -2.44. The molecule has 2 heterocycles. The highest BCUT2D eigenvalue weighted by Gasteiger charge is 2.49. The van der Waals surface area contributed by atoms with Crippen LogP contribution in [-0.2, 0) is 14.2 Å². The minimum atomic E-state index is -1.64. The number of ether oxygens (including phenoxy) is 3. The summed E-state index contributed by atoms with van der Waals surface area (Å²) in [4.78, 5) is 0. The van der Waals surface area contributed by atoms with Crippen molar-refractivity contribution in [2.45, 2.75) is 61.4 Å². The maximum absolute atomic E-state index is 9.90. The fraction of sp³-hybridized carbons (Fsp3) is 1.00. The molecule has 136 valence electrons. The van der Waals surface area contributed by atoms with Gasteiger partial charge < -0.3 is 56.3 Å². The molecule has 2 saturated heterocycles. The molecule has 10 N–H and O–H groups in total. The van der Waals surface area contributed by atoms with E-state index in [2.05, 4.69) is 0 Å². The van der Waals surface area contributed by atoms with Gasteiger partial charge in [-0.15, -0.1) is 0 Å². The molecule has 0 radical (unpaired) electrons. The summed E-state index contributed by atoms with van der Waals surface area (Å²) >= 11 is 0. The van der Waals surface area contributed by atoms with E-state index < -0.39 is 61.4 Å². The van der Waals surface area contributed by atoms with Crippen LogP contribution in [-0.4, -0.2) is 105 Å². The van der Waals surface area contributed by atoms with Gasteiger partial charge in [0.25, 0.3) is 0 Å². The molecule has 4 unspecified atom stereocenters. The van der Waals surface area contributed by atoms with Gasteiger partial charge in [0.1, 0.15) is 48.8 Å². The Hall–Kier alpha value is -0.440. The average Bonchev–Trinajstić information content (AvgIpc) is 2.55. The SMILES string of the molecule is NCC1O[C@H](O[C@H]2OC(CN)[C@@H](O)[C@H](O)C2O)C(O)[C@@H](O)[C@@H]1O. The van der Waals surface area contributed by atoms with E-state index in [0.717, 1.165) is 0 Å². The van der Waals surface area contributed by atoms with Crippen LogP contribution in [0.5, 0.6) is 0 Å². The van der Waals surface area contributed by atoms with E-state index in [1.165, 1.54) is 0 Å². The molecule has 0 bridgehead atoms. The van der Waals surface area contributed by atoms with Gasteiger partial charge in [0.15, 0.2) is 12.6 Å². The Morgan fingerprint density at radius 3 is 1.26 bits per heavy atom. The maximum atomic E-state index is 9.90. The molecule has 0 aliphatic carbocycles. The molecular formula is C12H24N2O9. The highest BCUT2D eigenvalue weighted by atomic mass is 16.8. The second-order valence-corrected chi connectivity index (χ2v) is 5.64. The van der Waals surface area contributed by atoms with Crippen LogP contribution in [0.15, 0.2) is 0 Å². The summed E-state index contributed by atoms with van der Waals surface area (Å²) in [7, 11) is 0. The third-order valence-corrected chi connectivity index (χ3v) is 4.07. The van der Waals surface area contributed by atoms with Crippen molar-refractivity contribution in [3.8, 4) is 0 Å². The van der Waals surface area contributed by atoms with Crippen molar-refractivity contribution >= 4 is 0 Å². The summed E-state index contributed by atoms with van der Waals surface area (Å²) in [5.41, 5.74) is 10.8. The zero-order chi connectivity index (χ0) is 17.3. The minimum absolute atomic E-state index is 0.147. The molecule has 0 aromatic heterocycles. The first-order valence-corrected chi connectivity index (χ1v) is 7.26. The van der Waals surface area contributed by atoms with Crippen LogP contribution < -0.4 is 11.5 Å². The van der Waals surface area contributed by atoms with E-state index in [-0.39, 0.29) is 13.1 Å². The van der Waals surface area contributed by atoms with E-state index >= 15 is 0 Å². The first-order valence-electron chi connectivity index (χ1n) is 7.26. The molecule has 11 nitrogen and oxygen atoms in total. The van der Waals surface area contributed by atoms with Crippen LogP contribution in [0.25, 0.3) is 0 Å². The molecule has 11 heteroatoms. The molecule has 2 aliphatic heterocycles. The maximum Gasteiger partial charge on any atom is 0.189 e. The van der Waals surface area contributed by atoms with Crippen LogP contribution in [0, 0.1) is 0 Å². The fourth-order valence-corrected chi connectivity index (χ4v) is 2.58. The second-order valence-electron chi connectivity index (χ2n) is 5.64. The summed E-state index contributed by atoms with van der Waals surface area (Å²) in [6, 6.07) is 0. The van der Waals surface area contributed by atoms with Crippen LogP contribution in [0.4, 0.5) is 0 Å². The minimum Gasteiger partial charge on any atom is -0.388 e. The van der Waals surface area contributed by atoms with Gasteiger partial charge in [-0.05, 0) is 0 Å². The molecule has 0 aromatic rings. The van der Waals surface area contributed by atoms with Crippen LogP contribution in [0.1, 0.15) is 0 Å². The van der Waals surface area contributed by atoms with Gasteiger partial charge >= 0.3 is 0 Å². The average molecular weight is 340 g/mol. The number of hydrogen-bond acceptors (Lipinski definition) is 11. The van der Waals surface area contributed by atoms with E-state index in [1.807, 2.05) is 0 Å². The molecule has 2 rings (SSSR count). The van der Waals surface area contributed by atoms with Crippen molar-refractivity contribution in [2.24, 2.45) is 11.5 Å². The van der Waals surface area contributed by atoms with Gasteiger partial charge in [-0.1, -0.05) is 0 Å². The highest BCUT2D eigenvalue weighted by molar-refractivity contribution is 4.92. The lowest BCUT2D eigenvalue weighted by Crippen LogP contribution is -2.64. The first kappa shape index (κ1) is 18.9. The molecule has 0 aromatic carbocycles. The van der Waals surface area contributed by atoms with Crippen LogP contribution in [0.2, 0.25) is 0 Å². The fourth-order valence-electron chi connectivity index (χ4n) is 2.58. The van der Waals surface area contributed by atoms with Crippen molar-refractivity contribution in [1.29, 1.82) is 0 Å². The smallest absolute Gasteiger partial charge is 0.189 e. The molecule has 0 spiro atoms. The van der Waals surface area contributed by atoms with Gasteiger partial charge in [-0.3, -0.25) is 0 Å². The van der Waals surface area contributed by atoms with Gasteiger partial charge in [0.2, 0.25) is 0 Å². The van der Waals surface area contributed by atoms with Crippen molar-refractivity contribution < 1.29 is 44.8 Å². The Bertz CT molecular complexity index is 352. The van der Waals surface area contributed by atoms with Gasteiger partial charge in [0.05, 0.1) is 0 Å². The van der Waals surface area contributed by atoms with E-state index in [1.54, 1.807) is 0 Å². The number of nitrogens with two attached hydrogens (primary N) is 2. The Morgan fingerprint density at radius 2 is 0.957 bits per heavy atom. The second kappa shape index (κ2) is 7.63. The van der Waals surface area contributed by atoms with E-state index in [0.29, 0.717) is 0 Å². The van der Waals surface area contributed by atoms with Gasteiger partial charge in [0, 0.05) is 13.1 Å². The predicted octanol–water partition coefficient (Wildman–Crippen LogP) is -5.46. The Balaban J connectivity index is 2.07. The number of rotatable bonds is 4. The largest absolute Gasteiger partial charge is 0.388 e. The topological polar surface area (TPSA) is 201 Å². The first-order chi connectivity index (χ1) is 10.8. The zero-order valence-electron chi connectivity index (χ0n) is 12.3. The number of hydrogen-bond donors (Lipinski definition) is 8. The summed E-state index contributed by atoms with van der Waals surface area (Å²) in [6.45, 7) is -0.294. The van der Waals surface area contributed by atoms with E-state index in [9.17, 15) is 30.6 Å². The summed E-state index contributed by atoms with van der Waals surface area (Å²) in [6.07, 6.45) is -14.2. The van der Waals surface area contributed by atoms with Crippen LogP contribution >= 0.6 is 0 Å². The standard InChI is InChI=1S/C12H24N2O9/c13-1-3-5(15)7(17)9(19)11(21-3)23-12-10(20)8(18)6(16)4(2-14)22-12/h3-12,15-20H,1-2,13-14H2/t3?,4?,5-,6-,7+,8+,9?,10?,11-,12-/m1/s1. The molecule has 2 aliphatic rings. The van der Waals surface area contributed by atoms with Crippen molar-refractivity contribution in [2.75, 3.05) is 13.1 Å². The Kier molecular flexibility index (Phi) is 6.27. The number of aliphatic hydroxyl groups excluding tert-OH is 6. The zero-order valence-corrected chi connectivity index (χ0v) is 12.3. The number of aliphatic hydroxyl groups is 6. The normalized spacial score (nSPS) is 51.7. The molecule has 0 amide bonds. The third-order valence-electron chi connectivity index (χ3n) is 4.07. The molecule has 0 saturated carbocycles. The molecule has 23 heavy (non-hydrogen) atoms. The van der Waals surface area contributed by atoms with Crippen molar-refractivity contribution in [1.82, 2.24) is 0 Å². The van der Waals surface area contributed by atoms with Gasteiger partial charge in [-0.25, -0.2) is 0 Å². The van der Waals surface area contributed by atoms with E-state index in [4.69, 9.17) is 25.7 Å². The summed E-state index contributed by atoms with van der Waals surface area (Å²) < 4.78 is 15.7. The lowest BCUT2D eigenvalue weighted by atomic mass is 9.98. The molecular weight excluding hydrogens is 316 g/mol. The Morgan fingerprint density at radius 1 is 0.609 bits per heavy atom. The molecule has 10 atom stereocenters. The van der Waals surface area contributed by atoms with Crippen LogP contribution in [0.3, 0.4) is 0 Å². The monoisotopic (exact) mass is 340 g/mol. The Labute approximate surface area is 132 Å². The third kappa shape index (κ3) is 3.65.